The van der Waals surface area contributed by atoms with Crippen LogP contribution in [0.2, 0.25) is 0 Å². The first kappa shape index (κ1) is 20.5. The fourth-order valence-electron chi connectivity index (χ4n) is 2.63. The number of hydrogen-bond donors (Lipinski definition) is 0. The van der Waals surface area contributed by atoms with E-state index in [0.29, 0.717) is 5.56 Å². The molecule has 0 aromatic heterocycles. The molecule has 0 aliphatic rings. The molecule has 0 fully saturated rings. The Balaban J connectivity index is 3.44. The average Bonchev–Trinajstić information content (AvgIpc) is 2.50. The molecule has 6 heteroatoms. The summed E-state index contributed by atoms with van der Waals surface area (Å²) >= 11 is 0. The molecule has 25 heavy (non-hydrogen) atoms. The zero-order chi connectivity index (χ0) is 19.2. The van der Waals surface area contributed by atoms with Gasteiger partial charge in [-0.1, -0.05) is 36.4 Å². The van der Waals surface area contributed by atoms with E-state index in [9.17, 15) is 19.7 Å². The van der Waals surface area contributed by atoms with Crippen LogP contribution >= 0.6 is 0 Å². The van der Waals surface area contributed by atoms with Crippen LogP contribution in [0.4, 0.5) is 0 Å². The Bertz CT molecular complexity index is 646. The lowest BCUT2D eigenvalue weighted by molar-refractivity contribution is -0.523. The van der Waals surface area contributed by atoms with E-state index >= 15 is 0 Å². The van der Waals surface area contributed by atoms with Crippen LogP contribution < -0.4 is 0 Å². The standard InChI is InChI=1S/C19H25NO5/c1-6-10-15(21)17(18(22)25-19(3,4)5)16(13(2)20(23)24)14-11-8-7-9-12-14/h6-13,16-17H,1-5H3. The van der Waals surface area contributed by atoms with Crippen LogP contribution in [0, 0.1) is 16.0 Å². The molecule has 6 nitrogen and oxygen atoms in total. The predicted molar refractivity (Wildman–Crippen MR) is 94.8 cm³/mol. The van der Waals surface area contributed by atoms with Gasteiger partial charge in [-0.15, -0.1) is 0 Å². The highest BCUT2D eigenvalue weighted by Crippen LogP contribution is 2.33. The van der Waals surface area contributed by atoms with Crippen molar-refractivity contribution in [1.29, 1.82) is 0 Å². The van der Waals surface area contributed by atoms with E-state index in [1.165, 1.54) is 19.1 Å². The molecule has 0 heterocycles. The fraction of sp³-hybridized carbons (Fsp3) is 0.474. The lowest BCUT2D eigenvalue weighted by atomic mass is 9.78. The predicted octanol–water partition coefficient (Wildman–Crippen LogP) is 3.54. The van der Waals surface area contributed by atoms with Crippen molar-refractivity contribution in [2.75, 3.05) is 0 Å². The summed E-state index contributed by atoms with van der Waals surface area (Å²) < 4.78 is 5.38. The van der Waals surface area contributed by atoms with Gasteiger partial charge in [-0.05, 0) is 39.3 Å². The van der Waals surface area contributed by atoms with Crippen molar-refractivity contribution in [3.05, 3.63) is 58.2 Å². The Hall–Kier alpha value is -2.50. The van der Waals surface area contributed by atoms with E-state index in [1.807, 2.05) is 0 Å². The van der Waals surface area contributed by atoms with Crippen LogP contribution in [0.5, 0.6) is 0 Å². The van der Waals surface area contributed by atoms with Crippen LogP contribution in [-0.4, -0.2) is 28.3 Å². The van der Waals surface area contributed by atoms with Crippen molar-refractivity contribution >= 4 is 11.8 Å². The third kappa shape index (κ3) is 5.81. The van der Waals surface area contributed by atoms with E-state index in [4.69, 9.17) is 4.74 Å². The Morgan fingerprint density at radius 3 is 2.20 bits per heavy atom. The molecular formula is C19H25NO5. The molecule has 136 valence electrons. The van der Waals surface area contributed by atoms with Gasteiger partial charge in [-0.2, -0.15) is 0 Å². The van der Waals surface area contributed by atoms with Crippen molar-refractivity contribution < 1.29 is 19.2 Å². The Kier molecular flexibility index (Phi) is 7.03. The maximum atomic E-state index is 12.7. The topological polar surface area (TPSA) is 86.5 Å². The molecule has 0 saturated heterocycles. The van der Waals surface area contributed by atoms with E-state index in [2.05, 4.69) is 0 Å². The summed E-state index contributed by atoms with van der Waals surface area (Å²) in [4.78, 5) is 36.3. The first-order valence-electron chi connectivity index (χ1n) is 8.16. The minimum absolute atomic E-state index is 0.474. The molecule has 0 radical (unpaired) electrons. The van der Waals surface area contributed by atoms with Gasteiger partial charge in [0.25, 0.3) is 0 Å². The number of ketones is 1. The number of hydrogen-bond acceptors (Lipinski definition) is 5. The van der Waals surface area contributed by atoms with Gasteiger partial charge in [0.1, 0.15) is 11.5 Å². The van der Waals surface area contributed by atoms with Crippen molar-refractivity contribution in [2.45, 2.75) is 52.2 Å². The number of carbonyl (C=O) groups is 2. The Morgan fingerprint density at radius 1 is 1.20 bits per heavy atom. The zero-order valence-electron chi connectivity index (χ0n) is 15.3. The lowest BCUT2D eigenvalue weighted by Crippen LogP contribution is -2.41. The van der Waals surface area contributed by atoms with Crippen LogP contribution in [0.25, 0.3) is 0 Å². The normalized spacial score (nSPS) is 15.4. The summed E-state index contributed by atoms with van der Waals surface area (Å²) in [6, 6.07) is 7.46. The molecule has 0 aliphatic heterocycles. The SMILES string of the molecule is CC=CC(=O)C(C(=O)OC(C)(C)C)C(c1ccccc1)C(C)[N+](=O)[O-]. The molecule has 0 saturated carbocycles. The molecule has 0 bridgehead atoms. The van der Waals surface area contributed by atoms with Gasteiger partial charge in [0, 0.05) is 11.8 Å². The number of carbonyl (C=O) groups excluding carboxylic acids is 2. The van der Waals surface area contributed by atoms with Gasteiger partial charge in [-0.25, -0.2) is 0 Å². The van der Waals surface area contributed by atoms with E-state index in [-0.39, 0.29) is 0 Å². The van der Waals surface area contributed by atoms with E-state index < -0.39 is 40.2 Å². The molecule has 1 aromatic carbocycles. The Labute approximate surface area is 148 Å². The van der Waals surface area contributed by atoms with Crippen LogP contribution in [0.15, 0.2) is 42.5 Å². The largest absolute Gasteiger partial charge is 0.459 e. The zero-order valence-corrected chi connectivity index (χ0v) is 15.3. The van der Waals surface area contributed by atoms with Gasteiger partial charge < -0.3 is 4.74 Å². The summed E-state index contributed by atoms with van der Waals surface area (Å²) in [5, 5.41) is 11.4. The molecule has 1 rings (SSSR count). The molecular weight excluding hydrogens is 322 g/mol. The van der Waals surface area contributed by atoms with E-state index in [0.717, 1.165) is 0 Å². The van der Waals surface area contributed by atoms with Crippen LogP contribution in [0.3, 0.4) is 0 Å². The molecule has 1 aromatic rings. The van der Waals surface area contributed by atoms with Gasteiger partial charge in [0.15, 0.2) is 5.78 Å². The number of allylic oxidation sites excluding steroid dienone is 2. The lowest BCUT2D eigenvalue weighted by Gasteiger charge is -2.28. The first-order valence-corrected chi connectivity index (χ1v) is 8.16. The quantitative estimate of drug-likeness (QED) is 0.247. The van der Waals surface area contributed by atoms with Crippen LogP contribution in [-0.2, 0) is 14.3 Å². The molecule has 0 amide bonds. The minimum atomic E-state index is -1.28. The van der Waals surface area contributed by atoms with Crippen LogP contribution in [0.1, 0.15) is 46.1 Å². The Morgan fingerprint density at radius 2 is 1.76 bits per heavy atom. The van der Waals surface area contributed by atoms with Gasteiger partial charge in [0.05, 0.1) is 5.92 Å². The second kappa shape index (κ2) is 8.55. The number of esters is 1. The van der Waals surface area contributed by atoms with E-state index in [1.54, 1.807) is 58.0 Å². The molecule has 3 unspecified atom stereocenters. The first-order chi connectivity index (χ1) is 11.6. The smallest absolute Gasteiger partial charge is 0.318 e. The van der Waals surface area contributed by atoms with Crippen molar-refractivity contribution in [1.82, 2.24) is 0 Å². The summed E-state index contributed by atoms with van der Waals surface area (Å²) in [5.41, 5.74) is -0.245. The summed E-state index contributed by atoms with van der Waals surface area (Å²) in [5.74, 6) is -3.45. The highest BCUT2D eigenvalue weighted by atomic mass is 16.6. The second-order valence-electron chi connectivity index (χ2n) is 6.88. The monoisotopic (exact) mass is 347 g/mol. The summed E-state index contributed by atoms with van der Waals surface area (Å²) in [6.45, 7) is 8.13. The number of nitro groups is 1. The number of rotatable bonds is 7. The molecule has 0 N–H and O–H groups in total. The van der Waals surface area contributed by atoms with Crippen molar-refractivity contribution in [2.24, 2.45) is 5.92 Å². The molecule has 0 aliphatic carbocycles. The fourth-order valence-corrected chi connectivity index (χ4v) is 2.63. The van der Waals surface area contributed by atoms with Gasteiger partial charge in [0.2, 0.25) is 6.04 Å². The highest BCUT2D eigenvalue weighted by Gasteiger charge is 2.44. The number of nitrogens with zero attached hydrogens (tertiary/aromatic N) is 1. The average molecular weight is 347 g/mol. The number of ether oxygens (including phenoxy) is 1. The summed E-state index contributed by atoms with van der Waals surface area (Å²) in [6.07, 6.45) is 2.77. The second-order valence-corrected chi connectivity index (χ2v) is 6.88. The highest BCUT2D eigenvalue weighted by molar-refractivity contribution is 6.06. The third-order valence-corrected chi connectivity index (χ3v) is 3.69. The third-order valence-electron chi connectivity index (χ3n) is 3.69. The number of benzene rings is 1. The maximum absolute atomic E-state index is 12.7. The molecule has 3 atom stereocenters. The van der Waals surface area contributed by atoms with Crippen molar-refractivity contribution in [3.8, 4) is 0 Å². The maximum Gasteiger partial charge on any atom is 0.318 e. The van der Waals surface area contributed by atoms with Gasteiger partial charge >= 0.3 is 5.97 Å². The summed E-state index contributed by atoms with van der Waals surface area (Å²) in [7, 11) is 0. The molecule has 0 spiro atoms. The van der Waals surface area contributed by atoms with Gasteiger partial charge in [-0.3, -0.25) is 19.7 Å². The van der Waals surface area contributed by atoms with Crippen molar-refractivity contribution in [3.63, 3.8) is 0 Å². The minimum Gasteiger partial charge on any atom is -0.459 e.